The largest absolute Gasteiger partial charge is 0.395 e. The van der Waals surface area contributed by atoms with E-state index in [0.717, 1.165) is 69.9 Å². The van der Waals surface area contributed by atoms with Gasteiger partial charge in [0.15, 0.2) is 0 Å². The van der Waals surface area contributed by atoms with E-state index in [9.17, 15) is 0 Å². The normalized spacial score (nSPS) is 25.4. The fourth-order valence-electron chi connectivity index (χ4n) is 4.13. The quantitative estimate of drug-likeness (QED) is 0.842. The second kappa shape index (κ2) is 7.52. The average molecular weight is 334 g/mol. The molecule has 1 aromatic rings. The Morgan fingerprint density at radius 1 is 1.00 bits per heavy atom. The van der Waals surface area contributed by atoms with E-state index in [0.29, 0.717) is 5.92 Å². The number of hydrogen-bond donors (Lipinski definition) is 1. The first-order valence-corrected chi connectivity index (χ1v) is 9.57. The van der Waals surface area contributed by atoms with Gasteiger partial charge in [-0.2, -0.15) is 0 Å². The van der Waals surface area contributed by atoms with Gasteiger partial charge in [-0.1, -0.05) is 5.16 Å². The third-order valence-corrected chi connectivity index (χ3v) is 5.84. The molecule has 6 nitrogen and oxygen atoms in total. The van der Waals surface area contributed by atoms with Crippen LogP contribution in [0, 0.1) is 0 Å². The summed E-state index contributed by atoms with van der Waals surface area (Å²) in [6.45, 7) is 8.87. The van der Waals surface area contributed by atoms with Crippen LogP contribution in [-0.4, -0.2) is 83.4 Å². The minimum Gasteiger partial charge on any atom is -0.395 e. The lowest BCUT2D eigenvalue weighted by atomic mass is 10.0. The van der Waals surface area contributed by atoms with Gasteiger partial charge in [0.25, 0.3) is 0 Å². The monoisotopic (exact) mass is 334 g/mol. The molecule has 0 spiro atoms. The standard InChI is InChI=1S/C18H30N4O2/c23-12-11-20-7-9-22(10-8-20)17-3-5-21(6-4-17)14-16-13-18(24-19-16)15-1-2-15/h13,15,17,23H,1-12,14H2. The summed E-state index contributed by atoms with van der Waals surface area (Å²) in [4.78, 5) is 7.55. The van der Waals surface area contributed by atoms with Gasteiger partial charge in [-0.3, -0.25) is 14.7 Å². The minimum absolute atomic E-state index is 0.281. The van der Waals surface area contributed by atoms with Crippen LogP contribution in [0.2, 0.25) is 0 Å². The van der Waals surface area contributed by atoms with Crippen molar-refractivity contribution in [1.29, 1.82) is 0 Å². The molecule has 4 rings (SSSR count). The van der Waals surface area contributed by atoms with Crippen LogP contribution in [0.3, 0.4) is 0 Å². The predicted molar refractivity (Wildman–Crippen MR) is 91.9 cm³/mol. The molecule has 3 aliphatic rings. The zero-order chi connectivity index (χ0) is 16.4. The van der Waals surface area contributed by atoms with E-state index in [1.165, 1.54) is 25.7 Å². The molecular weight excluding hydrogens is 304 g/mol. The lowest BCUT2D eigenvalue weighted by Crippen LogP contribution is -2.53. The Balaban J connectivity index is 1.20. The lowest BCUT2D eigenvalue weighted by Gasteiger charge is -2.42. The van der Waals surface area contributed by atoms with E-state index in [4.69, 9.17) is 9.63 Å². The molecule has 1 N–H and O–H groups in total. The van der Waals surface area contributed by atoms with Crippen molar-refractivity contribution < 1.29 is 9.63 Å². The molecule has 2 aliphatic heterocycles. The number of piperidine rings is 1. The number of hydrogen-bond acceptors (Lipinski definition) is 6. The topological polar surface area (TPSA) is 56.0 Å². The molecule has 0 aromatic carbocycles. The number of aliphatic hydroxyl groups is 1. The molecule has 1 aliphatic carbocycles. The molecule has 1 aromatic heterocycles. The highest BCUT2D eigenvalue weighted by molar-refractivity contribution is 5.14. The predicted octanol–water partition coefficient (Wildman–Crippen LogP) is 1.13. The highest BCUT2D eigenvalue weighted by Gasteiger charge is 2.29. The molecule has 2 saturated heterocycles. The number of aliphatic hydroxyl groups excluding tert-OH is 1. The highest BCUT2D eigenvalue weighted by Crippen LogP contribution is 2.40. The summed E-state index contributed by atoms with van der Waals surface area (Å²) in [5.41, 5.74) is 1.10. The Hall–Kier alpha value is -0.950. The van der Waals surface area contributed by atoms with Gasteiger partial charge in [-0.05, 0) is 25.7 Å². The Morgan fingerprint density at radius 2 is 1.75 bits per heavy atom. The summed E-state index contributed by atoms with van der Waals surface area (Å²) in [5, 5.41) is 13.3. The van der Waals surface area contributed by atoms with Crippen molar-refractivity contribution >= 4 is 0 Å². The van der Waals surface area contributed by atoms with E-state index in [2.05, 4.69) is 25.9 Å². The molecule has 24 heavy (non-hydrogen) atoms. The molecule has 3 heterocycles. The fourth-order valence-corrected chi connectivity index (χ4v) is 4.13. The van der Waals surface area contributed by atoms with Crippen LogP contribution in [0.15, 0.2) is 10.6 Å². The zero-order valence-corrected chi connectivity index (χ0v) is 14.6. The van der Waals surface area contributed by atoms with Crippen molar-refractivity contribution in [3.05, 3.63) is 17.5 Å². The van der Waals surface area contributed by atoms with Crippen LogP contribution in [0.1, 0.15) is 43.1 Å². The van der Waals surface area contributed by atoms with Crippen LogP contribution in [0.4, 0.5) is 0 Å². The van der Waals surface area contributed by atoms with Gasteiger partial charge in [-0.25, -0.2) is 0 Å². The highest BCUT2D eigenvalue weighted by atomic mass is 16.5. The number of aromatic nitrogens is 1. The molecular formula is C18H30N4O2. The molecule has 0 atom stereocenters. The lowest BCUT2D eigenvalue weighted by molar-refractivity contribution is 0.0512. The first kappa shape index (κ1) is 16.5. The maximum absolute atomic E-state index is 9.05. The molecule has 3 fully saturated rings. The van der Waals surface area contributed by atoms with Gasteiger partial charge in [0.05, 0.1) is 12.3 Å². The molecule has 6 heteroatoms. The number of rotatable bonds is 6. The van der Waals surface area contributed by atoms with Gasteiger partial charge >= 0.3 is 0 Å². The molecule has 0 bridgehead atoms. The minimum atomic E-state index is 0.281. The maximum Gasteiger partial charge on any atom is 0.140 e. The summed E-state index contributed by atoms with van der Waals surface area (Å²) in [6, 6.07) is 2.90. The molecule has 1 saturated carbocycles. The summed E-state index contributed by atoms with van der Waals surface area (Å²) < 4.78 is 5.47. The van der Waals surface area contributed by atoms with Crippen molar-refractivity contribution in [2.45, 2.75) is 44.2 Å². The second-order valence-electron chi connectivity index (χ2n) is 7.60. The number of nitrogens with zero attached hydrogens (tertiary/aromatic N) is 4. The van der Waals surface area contributed by atoms with Gasteiger partial charge in [-0.15, -0.1) is 0 Å². The third kappa shape index (κ3) is 3.99. The van der Waals surface area contributed by atoms with Crippen molar-refractivity contribution in [2.75, 3.05) is 52.4 Å². The van der Waals surface area contributed by atoms with Crippen LogP contribution >= 0.6 is 0 Å². The molecule has 134 valence electrons. The first-order valence-electron chi connectivity index (χ1n) is 9.57. The maximum atomic E-state index is 9.05. The van der Waals surface area contributed by atoms with Crippen LogP contribution in [0.5, 0.6) is 0 Å². The Labute approximate surface area is 144 Å². The Bertz CT molecular complexity index is 515. The first-order chi connectivity index (χ1) is 11.8. The van der Waals surface area contributed by atoms with Crippen molar-refractivity contribution in [2.24, 2.45) is 0 Å². The molecule has 0 unspecified atom stereocenters. The average Bonchev–Trinajstić information content (AvgIpc) is 3.37. The smallest absolute Gasteiger partial charge is 0.140 e. The number of piperazine rings is 1. The van der Waals surface area contributed by atoms with E-state index >= 15 is 0 Å². The van der Waals surface area contributed by atoms with E-state index < -0.39 is 0 Å². The second-order valence-corrected chi connectivity index (χ2v) is 7.60. The number of β-amino-alcohol motifs (C(OH)–C–C–N with tert-alkyl or cyclic N) is 1. The van der Waals surface area contributed by atoms with E-state index in [1.807, 2.05) is 0 Å². The Kier molecular flexibility index (Phi) is 5.17. The molecule has 0 amide bonds. The summed E-state index contributed by atoms with van der Waals surface area (Å²) in [5.74, 6) is 1.75. The SMILES string of the molecule is OCCN1CCN(C2CCN(Cc3cc(C4CC4)on3)CC2)CC1. The van der Waals surface area contributed by atoms with E-state index in [-0.39, 0.29) is 6.61 Å². The summed E-state index contributed by atoms with van der Waals surface area (Å²) >= 11 is 0. The van der Waals surface area contributed by atoms with Crippen LogP contribution in [0.25, 0.3) is 0 Å². The van der Waals surface area contributed by atoms with Gasteiger partial charge in [0, 0.05) is 70.4 Å². The van der Waals surface area contributed by atoms with Gasteiger partial charge < -0.3 is 9.63 Å². The fraction of sp³-hybridized carbons (Fsp3) is 0.833. The van der Waals surface area contributed by atoms with Gasteiger partial charge in [0.2, 0.25) is 0 Å². The van der Waals surface area contributed by atoms with Crippen molar-refractivity contribution in [3.63, 3.8) is 0 Å². The van der Waals surface area contributed by atoms with E-state index in [1.54, 1.807) is 0 Å². The van der Waals surface area contributed by atoms with Crippen molar-refractivity contribution in [1.82, 2.24) is 19.9 Å². The third-order valence-electron chi connectivity index (χ3n) is 5.84. The van der Waals surface area contributed by atoms with Crippen molar-refractivity contribution in [3.8, 4) is 0 Å². The summed E-state index contributed by atoms with van der Waals surface area (Å²) in [6.07, 6.45) is 5.05. The molecule has 0 radical (unpaired) electrons. The zero-order valence-electron chi connectivity index (χ0n) is 14.6. The summed E-state index contributed by atoms with van der Waals surface area (Å²) in [7, 11) is 0. The van der Waals surface area contributed by atoms with Crippen LogP contribution in [-0.2, 0) is 6.54 Å². The number of likely N-dealkylation sites (tertiary alicyclic amines) is 1. The van der Waals surface area contributed by atoms with Gasteiger partial charge in [0.1, 0.15) is 5.76 Å². The van der Waals surface area contributed by atoms with Crippen LogP contribution < -0.4 is 0 Å². The Morgan fingerprint density at radius 3 is 2.42 bits per heavy atom.